The Morgan fingerprint density at radius 3 is 2.67 bits per heavy atom. The van der Waals surface area contributed by atoms with E-state index in [1.165, 1.54) is 0 Å². The Balaban J connectivity index is 0.00000196. The SMILES string of the molecule is COc1ccc(NNC(=N)N)c(Cl)c1.Cl. The summed E-state index contributed by atoms with van der Waals surface area (Å²) in [6.45, 7) is 0. The van der Waals surface area contributed by atoms with Crippen LogP contribution in [0.3, 0.4) is 0 Å². The molecular weight excluding hydrogens is 239 g/mol. The highest BCUT2D eigenvalue weighted by atomic mass is 35.5. The van der Waals surface area contributed by atoms with Gasteiger partial charge in [-0.3, -0.25) is 16.3 Å². The van der Waals surface area contributed by atoms with E-state index in [0.29, 0.717) is 16.5 Å². The fraction of sp³-hybridized carbons (Fsp3) is 0.125. The van der Waals surface area contributed by atoms with Crippen LogP contribution in [0.25, 0.3) is 0 Å². The van der Waals surface area contributed by atoms with E-state index >= 15 is 0 Å². The van der Waals surface area contributed by atoms with Crippen LogP contribution in [0, 0.1) is 5.41 Å². The van der Waals surface area contributed by atoms with E-state index in [4.69, 9.17) is 27.5 Å². The summed E-state index contributed by atoms with van der Waals surface area (Å²) < 4.78 is 4.98. The molecule has 0 unspecified atom stereocenters. The molecule has 15 heavy (non-hydrogen) atoms. The molecule has 0 aliphatic carbocycles. The van der Waals surface area contributed by atoms with Gasteiger partial charge in [-0.2, -0.15) is 0 Å². The summed E-state index contributed by atoms with van der Waals surface area (Å²) in [5.41, 5.74) is 10.8. The molecule has 7 heteroatoms. The number of halogens is 2. The van der Waals surface area contributed by atoms with E-state index in [-0.39, 0.29) is 18.4 Å². The molecule has 0 fully saturated rings. The number of methoxy groups -OCH3 is 1. The minimum absolute atomic E-state index is 0. The highest BCUT2D eigenvalue weighted by Gasteiger charge is 2.01. The third-order valence-corrected chi connectivity index (χ3v) is 1.82. The van der Waals surface area contributed by atoms with Crippen molar-refractivity contribution in [3.05, 3.63) is 23.2 Å². The van der Waals surface area contributed by atoms with E-state index in [0.717, 1.165) is 0 Å². The number of nitrogens with one attached hydrogen (secondary N) is 3. The second-order valence-corrected chi connectivity index (χ2v) is 2.92. The predicted molar refractivity (Wildman–Crippen MR) is 63.9 cm³/mol. The van der Waals surface area contributed by atoms with Crippen molar-refractivity contribution in [2.75, 3.05) is 12.5 Å². The molecule has 0 spiro atoms. The van der Waals surface area contributed by atoms with Crippen molar-refractivity contribution in [2.45, 2.75) is 0 Å². The average molecular weight is 251 g/mol. The molecule has 84 valence electrons. The molecule has 1 aromatic carbocycles. The van der Waals surface area contributed by atoms with Crippen LogP contribution in [0.4, 0.5) is 5.69 Å². The van der Waals surface area contributed by atoms with Crippen molar-refractivity contribution in [1.29, 1.82) is 5.41 Å². The summed E-state index contributed by atoms with van der Waals surface area (Å²) in [4.78, 5) is 0. The van der Waals surface area contributed by atoms with Gasteiger partial charge in [0.15, 0.2) is 0 Å². The first kappa shape index (κ1) is 13.7. The number of hydrazine groups is 1. The van der Waals surface area contributed by atoms with Crippen LogP contribution in [0.15, 0.2) is 18.2 Å². The van der Waals surface area contributed by atoms with Gasteiger partial charge in [0.2, 0.25) is 5.96 Å². The maximum atomic E-state index is 6.93. The number of anilines is 1. The third-order valence-electron chi connectivity index (χ3n) is 1.51. The number of benzene rings is 1. The lowest BCUT2D eigenvalue weighted by Gasteiger charge is -2.10. The molecule has 1 rings (SSSR count). The van der Waals surface area contributed by atoms with Crippen molar-refractivity contribution in [1.82, 2.24) is 5.43 Å². The Morgan fingerprint density at radius 1 is 1.53 bits per heavy atom. The predicted octanol–water partition coefficient (Wildman–Crippen LogP) is 1.58. The molecule has 0 saturated carbocycles. The average Bonchev–Trinajstić information content (AvgIpc) is 2.15. The third kappa shape index (κ3) is 4.14. The lowest BCUT2D eigenvalue weighted by molar-refractivity contribution is 0.415. The van der Waals surface area contributed by atoms with Gasteiger partial charge in [-0.05, 0) is 12.1 Å². The Hall–Kier alpha value is -1.33. The summed E-state index contributed by atoms with van der Waals surface area (Å²) >= 11 is 5.90. The number of nitrogens with two attached hydrogens (primary N) is 1. The zero-order valence-corrected chi connectivity index (χ0v) is 9.58. The topological polar surface area (TPSA) is 83.2 Å². The number of hydrogen-bond acceptors (Lipinski definition) is 3. The van der Waals surface area contributed by atoms with Crippen LogP contribution in [0.2, 0.25) is 5.02 Å². The van der Waals surface area contributed by atoms with Gasteiger partial charge >= 0.3 is 0 Å². The van der Waals surface area contributed by atoms with Gasteiger partial charge in [0, 0.05) is 6.07 Å². The number of guanidine groups is 1. The van der Waals surface area contributed by atoms with Gasteiger partial charge < -0.3 is 10.5 Å². The molecular formula is C8H12Cl2N4O. The Morgan fingerprint density at radius 2 is 2.20 bits per heavy atom. The molecule has 5 nitrogen and oxygen atoms in total. The van der Waals surface area contributed by atoms with E-state index in [2.05, 4.69) is 10.9 Å². The highest BCUT2D eigenvalue weighted by molar-refractivity contribution is 6.33. The first-order chi connectivity index (χ1) is 6.63. The monoisotopic (exact) mass is 250 g/mol. The van der Waals surface area contributed by atoms with Crippen LogP contribution in [-0.2, 0) is 0 Å². The highest BCUT2D eigenvalue weighted by Crippen LogP contribution is 2.25. The Bertz CT molecular complexity index is 345. The molecule has 0 radical (unpaired) electrons. The van der Waals surface area contributed by atoms with Gasteiger partial charge in [-0.1, -0.05) is 11.6 Å². The van der Waals surface area contributed by atoms with Crippen molar-refractivity contribution in [3.63, 3.8) is 0 Å². The van der Waals surface area contributed by atoms with E-state index < -0.39 is 0 Å². The fourth-order valence-corrected chi connectivity index (χ4v) is 1.08. The van der Waals surface area contributed by atoms with Crippen LogP contribution in [0.1, 0.15) is 0 Å². The summed E-state index contributed by atoms with van der Waals surface area (Å²) in [5, 5.41) is 7.41. The van der Waals surface area contributed by atoms with Crippen molar-refractivity contribution < 1.29 is 4.74 Å². The fourth-order valence-electron chi connectivity index (χ4n) is 0.859. The molecule has 0 amide bonds. The van der Waals surface area contributed by atoms with Crippen LogP contribution >= 0.6 is 24.0 Å². The van der Waals surface area contributed by atoms with Gasteiger partial charge in [0.25, 0.3) is 0 Å². The van der Waals surface area contributed by atoms with E-state index in [1.54, 1.807) is 25.3 Å². The first-order valence-electron chi connectivity index (χ1n) is 3.83. The van der Waals surface area contributed by atoms with Gasteiger partial charge in [0.05, 0.1) is 17.8 Å². The Kier molecular flexibility index (Phi) is 5.66. The van der Waals surface area contributed by atoms with Crippen LogP contribution in [-0.4, -0.2) is 13.1 Å². The molecule has 5 N–H and O–H groups in total. The lowest BCUT2D eigenvalue weighted by Crippen LogP contribution is -2.35. The van der Waals surface area contributed by atoms with Crippen molar-refractivity contribution in [2.24, 2.45) is 5.73 Å². The number of rotatable bonds is 3. The van der Waals surface area contributed by atoms with Crippen molar-refractivity contribution in [3.8, 4) is 5.75 Å². The maximum absolute atomic E-state index is 6.93. The number of hydrogen-bond donors (Lipinski definition) is 4. The molecule has 0 aliphatic rings. The summed E-state index contributed by atoms with van der Waals surface area (Å²) in [7, 11) is 1.56. The minimum Gasteiger partial charge on any atom is -0.497 e. The number of ether oxygens (including phenoxy) is 1. The molecule has 0 saturated heterocycles. The second-order valence-electron chi connectivity index (χ2n) is 2.51. The normalized spacial score (nSPS) is 8.67. The van der Waals surface area contributed by atoms with Gasteiger partial charge in [0.1, 0.15) is 5.75 Å². The van der Waals surface area contributed by atoms with Gasteiger partial charge in [-0.15, -0.1) is 12.4 Å². The smallest absolute Gasteiger partial charge is 0.204 e. The summed E-state index contributed by atoms with van der Waals surface area (Å²) in [5.74, 6) is 0.486. The Labute approximate surface area is 98.8 Å². The van der Waals surface area contributed by atoms with Crippen molar-refractivity contribution >= 4 is 35.7 Å². The molecule has 0 bridgehead atoms. The lowest BCUT2D eigenvalue weighted by atomic mass is 10.3. The minimum atomic E-state index is -0.183. The van der Waals surface area contributed by atoms with E-state index in [9.17, 15) is 0 Å². The maximum Gasteiger partial charge on any atom is 0.204 e. The molecule has 1 aromatic rings. The largest absolute Gasteiger partial charge is 0.497 e. The van der Waals surface area contributed by atoms with Crippen LogP contribution in [0.5, 0.6) is 5.75 Å². The molecule has 0 heterocycles. The van der Waals surface area contributed by atoms with Gasteiger partial charge in [-0.25, -0.2) is 0 Å². The van der Waals surface area contributed by atoms with Crippen LogP contribution < -0.4 is 21.3 Å². The zero-order chi connectivity index (χ0) is 10.6. The molecule has 0 aromatic heterocycles. The molecule has 0 atom stereocenters. The summed E-state index contributed by atoms with van der Waals surface area (Å²) in [6, 6.07) is 5.12. The summed E-state index contributed by atoms with van der Waals surface area (Å²) in [6.07, 6.45) is 0. The quantitative estimate of drug-likeness (QED) is 0.373. The second kappa shape index (κ2) is 6.21. The standard InChI is InChI=1S/C8H11ClN4O.ClH/c1-14-5-2-3-7(6(9)4-5)12-13-8(10)11;/h2-4,12H,1H3,(H4,10,11,13);1H. The molecule has 0 aliphatic heterocycles. The zero-order valence-electron chi connectivity index (χ0n) is 8.00. The van der Waals surface area contributed by atoms with E-state index in [1.807, 2.05) is 0 Å². The first-order valence-corrected chi connectivity index (χ1v) is 4.21.